The van der Waals surface area contributed by atoms with Gasteiger partial charge in [-0.2, -0.15) is 0 Å². The fraction of sp³-hybridized carbons (Fsp3) is 0.917. The fourth-order valence-electron chi connectivity index (χ4n) is 1.72. The molecule has 1 rings (SSSR count). The van der Waals surface area contributed by atoms with Gasteiger partial charge in [0.1, 0.15) is 6.61 Å². The summed E-state index contributed by atoms with van der Waals surface area (Å²) < 4.78 is 10.6. The first-order chi connectivity index (χ1) is 7.33. The lowest BCUT2D eigenvalue weighted by Gasteiger charge is -2.22. The Morgan fingerprint density at radius 3 is 2.93 bits per heavy atom. The van der Waals surface area contributed by atoms with E-state index in [1.54, 1.807) is 0 Å². The minimum absolute atomic E-state index is 0.0716. The highest BCUT2D eigenvalue weighted by Crippen LogP contribution is 2.13. The summed E-state index contributed by atoms with van der Waals surface area (Å²) in [5.41, 5.74) is 0. The van der Waals surface area contributed by atoms with Gasteiger partial charge in [-0.15, -0.1) is 0 Å². The molecular formula is C12H22O3. The van der Waals surface area contributed by atoms with E-state index in [0.29, 0.717) is 13.0 Å². The molecule has 0 aromatic heterocycles. The SMILES string of the molecule is CCCCCC(=O)OCC1CCCCO1. The molecule has 1 aliphatic rings. The lowest BCUT2D eigenvalue weighted by Crippen LogP contribution is -2.25. The molecular weight excluding hydrogens is 192 g/mol. The highest BCUT2D eigenvalue weighted by atomic mass is 16.6. The lowest BCUT2D eigenvalue weighted by atomic mass is 10.1. The second-order valence-electron chi connectivity index (χ2n) is 4.13. The molecule has 1 atom stereocenters. The summed E-state index contributed by atoms with van der Waals surface area (Å²) in [5, 5.41) is 0. The van der Waals surface area contributed by atoms with Crippen molar-refractivity contribution < 1.29 is 14.3 Å². The third-order valence-electron chi connectivity index (χ3n) is 2.69. The average molecular weight is 214 g/mol. The largest absolute Gasteiger partial charge is 0.463 e. The Labute approximate surface area is 92.1 Å². The molecule has 0 saturated carbocycles. The Kier molecular flexibility index (Phi) is 6.41. The molecule has 0 bridgehead atoms. The van der Waals surface area contributed by atoms with E-state index in [0.717, 1.165) is 38.7 Å². The Morgan fingerprint density at radius 1 is 1.40 bits per heavy atom. The zero-order valence-electron chi connectivity index (χ0n) is 9.67. The van der Waals surface area contributed by atoms with Crippen LogP contribution < -0.4 is 0 Å². The van der Waals surface area contributed by atoms with Crippen LogP contribution in [-0.2, 0) is 14.3 Å². The topological polar surface area (TPSA) is 35.5 Å². The summed E-state index contributed by atoms with van der Waals surface area (Å²) in [4.78, 5) is 11.3. The van der Waals surface area contributed by atoms with Crippen molar-refractivity contribution >= 4 is 5.97 Å². The molecule has 1 unspecified atom stereocenters. The van der Waals surface area contributed by atoms with E-state index in [9.17, 15) is 4.79 Å². The third kappa shape index (κ3) is 5.78. The van der Waals surface area contributed by atoms with Gasteiger partial charge >= 0.3 is 5.97 Å². The van der Waals surface area contributed by atoms with E-state index in [2.05, 4.69) is 6.92 Å². The van der Waals surface area contributed by atoms with E-state index < -0.39 is 0 Å². The summed E-state index contributed by atoms with van der Waals surface area (Å²) in [6, 6.07) is 0. The number of rotatable bonds is 6. The van der Waals surface area contributed by atoms with E-state index in [4.69, 9.17) is 9.47 Å². The van der Waals surface area contributed by atoms with Gasteiger partial charge in [-0.05, 0) is 25.7 Å². The number of carbonyl (C=O) groups is 1. The number of hydrogen-bond donors (Lipinski definition) is 0. The van der Waals surface area contributed by atoms with E-state index >= 15 is 0 Å². The number of esters is 1. The molecule has 3 nitrogen and oxygen atoms in total. The predicted molar refractivity (Wildman–Crippen MR) is 58.7 cm³/mol. The molecule has 0 amide bonds. The molecule has 3 heteroatoms. The van der Waals surface area contributed by atoms with Gasteiger partial charge in [0.2, 0.25) is 0 Å². The molecule has 15 heavy (non-hydrogen) atoms. The number of ether oxygens (including phenoxy) is 2. The Bertz CT molecular complexity index is 174. The quantitative estimate of drug-likeness (QED) is 0.503. The molecule has 0 aromatic rings. The summed E-state index contributed by atoms with van der Waals surface area (Å²) in [7, 11) is 0. The summed E-state index contributed by atoms with van der Waals surface area (Å²) >= 11 is 0. The van der Waals surface area contributed by atoms with Gasteiger partial charge in [-0.3, -0.25) is 4.79 Å². The van der Waals surface area contributed by atoms with Crippen LogP contribution in [0.2, 0.25) is 0 Å². The molecule has 0 spiro atoms. The maximum Gasteiger partial charge on any atom is 0.305 e. The highest BCUT2D eigenvalue weighted by Gasteiger charge is 2.15. The molecule has 1 aliphatic heterocycles. The molecule has 88 valence electrons. The lowest BCUT2D eigenvalue weighted by molar-refractivity contribution is -0.149. The maximum atomic E-state index is 11.3. The molecule has 0 aromatic carbocycles. The molecule has 0 radical (unpaired) electrons. The Balaban J connectivity index is 2.00. The maximum absolute atomic E-state index is 11.3. The van der Waals surface area contributed by atoms with Crippen molar-refractivity contribution in [1.29, 1.82) is 0 Å². The zero-order valence-corrected chi connectivity index (χ0v) is 9.67. The summed E-state index contributed by atoms with van der Waals surface area (Å²) in [6.45, 7) is 3.39. The summed E-state index contributed by atoms with van der Waals surface area (Å²) in [6.07, 6.45) is 7.25. The van der Waals surface area contributed by atoms with Gasteiger partial charge in [0, 0.05) is 13.0 Å². The van der Waals surface area contributed by atoms with Crippen LogP contribution in [0.15, 0.2) is 0 Å². The van der Waals surface area contributed by atoms with Gasteiger partial charge in [-0.1, -0.05) is 19.8 Å². The minimum Gasteiger partial charge on any atom is -0.463 e. The smallest absolute Gasteiger partial charge is 0.305 e. The molecule has 0 N–H and O–H groups in total. The van der Waals surface area contributed by atoms with E-state index in [1.807, 2.05) is 0 Å². The average Bonchev–Trinajstić information content (AvgIpc) is 2.28. The number of carbonyl (C=O) groups excluding carboxylic acids is 1. The third-order valence-corrected chi connectivity index (χ3v) is 2.69. The van der Waals surface area contributed by atoms with Crippen molar-refractivity contribution in [2.45, 2.75) is 58.0 Å². The van der Waals surface area contributed by atoms with Crippen LogP contribution in [0, 0.1) is 0 Å². The van der Waals surface area contributed by atoms with Gasteiger partial charge < -0.3 is 9.47 Å². The fourth-order valence-corrected chi connectivity index (χ4v) is 1.72. The molecule has 0 aliphatic carbocycles. The van der Waals surface area contributed by atoms with Crippen molar-refractivity contribution in [3.05, 3.63) is 0 Å². The van der Waals surface area contributed by atoms with Crippen LogP contribution in [0.1, 0.15) is 51.9 Å². The molecule has 1 saturated heterocycles. The number of hydrogen-bond acceptors (Lipinski definition) is 3. The number of unbranched alkanes of at least 4 members (excludes halogenated alkanes) is 2. The van der Waals surface area contributed by atoms with Crippen molar-refractivity contribution in [2.75, 3.05) is 13.2 Å². The van der Waals surface area contributed by atoms with Crippen molar-refractivity contribution in [3.8, 4) is 0 Å². The second-order valence-corrected chi connectivity index (χ2v) is 4.13. The van der Waals surface area contributed by atoms with Crippen LogP contribution in [0.5, 0.6) is 0 Å². The van der Waals surface area contributed by atoms with Gasteiger partial charge in [0.05, 0.1) is 6.10 Å². The monoisotopic (exact) mass is 214 g/mol. The zero-order chi connectivity index (χ0) is 10.9. The first-order valence-corrected chi connectivity index (χ1v) is 6.10. The van der Waals surface area contributed by atoms with Gasteiger partial charge in [0.25, 0.3) is 0 Å². The van der Waals surface area contributed by atoms with Crippen LogP contribution >= 0.6 is 0 Å². The van der Waals surface area contributed by atoms with Gasteiger partial charge in [0.15, 0.2) is 0 Å². The van der Waals surface area contributed by atoms with Crippen LogP contribution in [0.3, 0.4) is 0 Å². The highest BCUT2D eigenvalue weighted by molar-refractivity contribution is 5.69. The van der Waals surface area contributed by atoms with Crippen molar-refractivity contribution in [2.24, 2.45) is 0 Å². The molecule has 1 fully saturated rings. The van der Waals surface area contributed by atoms with Crippen LogP contribution in [-0.4, -0.2) is 25.3 Å². The summed E-state index contributed by atoms with van der Waals surface area (Å²) in [5.74, 6) is -0.0716. The van der Waals surface area contributed by atoms with Crippen LogP contribution in [0.25, 0.3) is 0 Å². The first-order valence-electron chi connectivity index (χ1n) is 6.10. The van der Waals surface area contributed by atoms with Crippen LogP contribution in [0.4, 0.5) is 0 Å². The van der Waals surface area contributed by atoms with Crippen molar-refractivity contribution in [3.63, 3.8) is 0 Å². The molecule has 1 heterocycles. The van der Waals surface area contributed by atoms with E-state index in [-0.39, 0.29) is 12.1 Å². The second kappa shape index (κ2) is 7.69. The van der Waals surface area contributed by atoms with E-state index in [1.165, 1.54) is 6.42 Å². The van der Waals surface area contributed by atoms with Gasteiger partial charge in [-0.25, -0.2) is 0 Å². The standard InChI is InChI=1S/C12H22O3/c1-2-3-4-8-12(13)15-10-11-7-5-6-9-14-11/h11H,2-10H2,1H3. The predicted octanol–water partition coefficient (Wildman–Crippen LogP) is 2.68. The first kappa shape index (κ1) is 12.5. The van der Waals surface area contributed by atoms with Crippen molar-refractivity contribution in [1.82, 2.24) is 0 Å². The minimum atomic E-state index is -0.0716. The Morgan fingerprint density at radius 2 is 2.27 bits per heavy atom. The Hall–Kier alpha value is -0.570. The normalized spacial score (nSPS) is 21.3.